The molecule has 0 unspecified atom stereocenters. The number of fused-ring (bicyclic) bond motifs is 2. The molecule has 2 fully saturated rings. The van der Waals surface area contributed by atoms with Crippen LogP contribution in [-0.2, 0) is 14.3 Å². The van der Waals surface area contributed by atoms with E-state index in [0.29, 0.717) is 23.6 Å². The zero-order chi connectivity index (χ0) is 16.3. The van der Waals surface area contributed by atoms with E-state index in [1.807, 2.05) is 27.7 Å². The number of ether oxygens (including phenoxy) is 2. The zero-order valence-corrected chi connectivity index (χ0v) is 13.9. The number of esters is 2. The van der Waals surface area contributed by atoms with Gasteiger partial charge in [0.2, 0.25) is 5.60 Å². The molecule has 22 heavy (non-hydrogen) atoms. The van der Waals surface area contributed by atoms with Crippen LogP contribution in [0.15, 0.2) is 18.2 Å². The zero-order valence-electron chi connectivity index (χ0n) is 13.2. The Bertz CT molecular complexity index is 681. The smallest absolute Gasteiger partial charge is 0.356 e. The Labute approximate surface area is 134 Å². The third-order valence-electron chi connectivity index (χ3n) is 5.75. The van der Waals surface area contributed by atoms with E-state index in [1.165, 1.54) is 0 Å². The van der Waals surface area contributed by atoms with Gasteiger partial charge in [-0.1, -0.05) is 25.4 Å². The summed E-state index contributed by atoms with van der Waals surface area (Å²) >= 11 is 5.98. The number of rotatable bonds is 2. The largest absolute Gasteiger partial charge is 0.446 e. The molecule has 4 nitrogen and oxygen atoms in total. The van der Waals surface area contributed by atoms with Gasteiger partial charge in [-0.15, -0.1) is 0 Å². The van der Waals surface area contributed by atoms with Gasteiger partial charge >= 0.3 is 11.9 Å². The minimum absolute atomic E-state index is 0.312. The average molecular weight is 323 g/mol. The lowest BCUT2D eigenvalue weighted by Crippen LogP contribution is -2.50. The molecule has 0 amide bonds. The number of hydrogen-bond acceptors (Lipinski definition) is 4. The average Bonchev–Trinajstić information content (AvgIpc) is 2.73. The van der Waals surface area contributed by atoms with Crippen LogP contribution in [0.2, 0.25) is 5.02 Å². The van der Waals surface area contributed by atoms with E-state index in [0.717, 1.165) is 5.56 Å². The summed E-state index contributed by atoms with van der Waals surface area (Å²) in [5.74, 6) is -0.407. The maximum absolute atomic E-state index is 12.8. The number of aryl methyl sites for hydroxylation is 1. The lowest BCUT2D eigenvalue weighted by Gasteiger charge is -2.34. The monoisotopic (exact) mass is 322 g/mol. The van der Waals surface area contributed by atoms with Gasteiger partial charge in [0.15, 0.2) is 0 Å². The Kier molecular flexibility index (Phi) is 3.12. The van der Waals surface area contributed by atoms with E-state index in [-0.39, 0.29) is 5.97 Å². The summed E-state index contributed by atoms with van der Waals surface area (Å²) in [7, 11) is 0. The van der Waals surface area contributed by atoms with Gasteiger partial charge in [0.25, 0.3) is 0 Å². The lowest BCUT2D eigenvalue weighted by atomic mass is 9.66. The first-order valence-corrected chi connectivity index (χ1v) is 7.74. The summed E-state index contributed by atoms with van der Waals surface area (Å²) in [4.78, 5) is 24.9. The van der Waals surface area contributed by atoms with Crippen LogP contribution in [0.25, 0.3) is 0 Å². The molecule has 2 atom stereocenters. The second-order valence-electron chi connectivity index (χ2n) is 6.97. The molecule has 1 saturated carbocycles. The molecule has 3 rings (SSSR count). The summed E-state index contributed by atoms with van der Waals surface area (Å²) in [5, 5.41) is 0.610. The Hall–Kier alpha value is -1.55. The first-order valence-electron chi connectivity index (χ1n) is 7.36. The van der Waals surface area contributed by atoms with Crippen LogP contribution >= 0.6 is 11.6 Å². The number of benzene rings is 1. The van der Waals surface area contributed by atoms with Crippen molar-refractivity contribution in [3.05, 3.63) is 28.8 Å². The van der Waals surface area contributed by atoms with Crippen LogP contribution in [0.4, 0.5) is 0 Å². The lowest BCUT2D eigenvalue weighted by molar-refractivity contribution is -0.176. The van der Waals surface area contributed by atoms with Crippen molar-refractivity contribution in [2.45, 2.75) is 46.1 Å². The van der Waals surface area contributed by atoms with Gasteiger partial charge in [-0.05, 0) is 50.5 Å². The minimum atomic E-state index is -1.20. The van der Waals surface area contributed by atoms with Gasteiger partial charge in [0, 0.05) is 10.4 Å². The number of hydrogen-bond donors (Lipinski definition) is 0. The highest BCUT2D eigenvalue weighted by Gasteiger charge is 2.76. The quantitative estimate of drug-likeness (QED) is 0.615. The molecule has 1 aromatic carbocycles. The fraction of sp³-hybridized carbons (Fsp3) is 0.529. The van der Waals surface area contributed by atoms with Gasteiger partial charge in [-0.3, -0.25) is 4.79 Å². The number of halogens is 1. The molecule has 2 aliphatic rings. The van der Waals surface area contributed by atoms with E-state index >= 15 is 0 Å². The standard InChI is InChI=1S/C17H19ClO4/c1-10-9-11(5-6-12(10)18)21-14(20)17-8-7-16(4,13(19)22-17)15(17,2)3/h5-6,9H,7-8H2,1-4H3/t16-,17+/m1/s1. The summed E-state index contributed by atoms with van der Waals surface area (Å²) in [6.07, 6.45) is 1.13. The maximum atomic E-state index is 12.8. The first kappa shape index (κ1) is 15.3. The second kappa shape index (κ2) is 4.48. The van der Waals surface area contributed by atoms with Crippen LogP contribution in [0.5, 0.6) is 5.75 Å². The van der Waals surface area contributed by atoms with Crippen molar-refractivity contribution in [3.8, 4) is 5.75 Å². The Morgan fingerprint density at radius 1 is 1.27 bits per heavy atom. The molecule has 0 N–H and O–H groups in total. The molecule has 0 aromatic heterocycles. The molecule has 0 radical (unpaired) electrons. The van der Waals surface area contributed by atoms with E-state index in [2.05, 4.69) is 0 Å². The van der Waals surface area contributed by atoms with E-state index < -0.39 is 22.4 Å². The van der Waals surface area contributed by atoms with Gasteiger partial charge in [0.05, 0.1) is 5.41 Å². The van der Waals surface area contributed by atoms with Crippen molar-refractivity contribution in [1.82, 2.24) is 0 Å². The highest BCUT2D eigenvalue weighted by Crippen LogP contribution is 2.65. The predicted molar refractivity (Wildman–Crippen MR) is 81.8 cm³/mol. The molecule has 1 aromatic rings. The Balaban J connectivity index is 1.92. The normalized spacial score (nSPS) is 32.0. The fourth-order valence-electron chi connectivity index (χ4n) is 3.57. The predicted octanol–water partition coefficient (Wildman–Crippen LogP) is 3.68. The van der Waals surface area contributed by atoms with E-state index in [1.54, 1.807) is 18.2 Å². The third kappa shape index (κ3) is 1.70. The highest BCUT2D eigenvalue weighted by molar-refractivity contribution is 6.31. The van der Waals surface area contributed by atoms with Crippen molar-refractivity contribution in [2.24, 2.45) is 10.8 Å². The van der Waals surface area contributed by atoms with Crippen molar-refractivity contribution in [3.63, 3.8) is 0 Å². The van der Waals surface area contributed by atoms with Crippen molar-refractivity contribution in [1.29, 1.82) is 0 Å². The third-order valence-corrected chi connectivity index (χ3v) is 6.18. The van der Waals surface area contributed by atoms with Crippen LogP contribution in [0.3, 0.4) is 0 Å². The highest BCUT2D eigenvalue weighted by atomic mass is 35.5. The van der Waals surface area contributed by atoms with Crippen LogP contribution in [0.1, 0.15) is 39.2 Å². The molecule has 5 heteroatoms. The number of carbonyl (C=O) groups is 2. The van der Waals surface area contributed by atoms with Gasteiger partial charge in [-0.25, -0.2) is 4.79 Å². The van der Waals surface area contributed by atoms with E-state index in [9.17, 15) is 9.59 Å². The van der Waals surface area contributed by atoms with E-state index in [4.69, 9.17) is 21.1 Å². The van der Waals surface area contributed by atoms with Crippen LogP contribution < -0.4 is 4.74 Å². The summed E-state index contributed by atoms with van der Waals surface area (Å²) in [6.45, 7) is 7.51. The molecule has 1 saturated heterocycles. The van der Waals surface area contributed by atoms with Crippen LogP contribution in [0, 0.1) is 17.8 Å². The maximum Gasteiger partial charge on any atom is 0.356 e. The van der Waals surface area contributed by atoms with Crippen LogP contribution in [-0.4, -0.2) is 17.5 Å². The summed E-state index contributed by atoms with van der Waals surface area (Å²) in [5.41, 5.74) is -1.62. The number of carbonyl (C=O) groups excluding carboxylic acids is 2. The molecule has 2 bridgehead atoms. The van der Waals surface area contributed by atoms with Crippen molar-refractivity contribution < 1.29 is 19.1 Å². The molecule has 118 valence electrons. The minimum Gasteiger partial charge on any atom is -0.446 e. The Morgan fingerprint density at radius 3 is 2.45 bits per heavy atom. The SMILES string of the molecule is Cc1cc(OC(=O)[C@]23CC[C@](C)(C(=O)O2)C3(C)C)ccc1Cl. The van der Waals surface area contributed by atoms with Gasteiger partial charge in [0.1, 0.15) is 5.75 Å². The molecule has 0 spiro atoms. The molecular formula is C17H19ClO4. The summed E-state index contributed by atoms with van der Waals surface area (Å²) in [6, 6.07) is 5.03. The fourth-order valence-corrected chi connectivity index (χ4v) is 3.69. The summed E-state index contributed by atoms with van der Waals surface area (Å²) < 4.78 is 11.0. The van der Waals surface area contributed by atoms with Crippen molar-refractivity contribution >= 4 is 23.5 Å². The Morgan fingerprint density at radius 2 is 1.95 bits per heavy atom. The first-order chi connectivity index (χ1) is 10.1. The molecule has 1 heterocycles. The molecular weight excluding hydrogens is 304 g/mol. The van der Waals surface area contributed by atoms with Gasteiger partial charge < -0.3 is 9.47 Å². The topological polar surface area (TPSA) is 52.6 Å². The van der Waals surface area contributed by atoms with Crippen molar-refractivity contribution in [2.75, 3.05) is 0 Å². The van der Waals surface area contributed by atoms with Gasteiger partial charge in [-0.2, -0.15) is 0 Å². The second-order valence-corrected chi connectivity index (χ2v) is 7.38. The molecule has 1 aliphatic carbocycles. The molecule has 1 aliphatic heterocycles.